The number of nitrogens with zero attached hydrogens (tertiary/aromatic N) is 1. The largest absolute Gasteiger partial charge is 0.495 e. The van der Waals surface area contributed by atoms with E-state index in [0.717, 1.165) is 12.8 Å². The molecule has 24 heavy (non-hydrogen) atoms. The maximum absolute atomic E-state index is 12.1. The standard InChI is InChI=1S/C15H21ClN2O5S/c1-22-13-10-12(14(23-2)9-11(13)16)17-15(19)5-8-24(20,21)18-6-3-4-7-18/h9-10H,3-8H2,1-2H3,(H,17,19). The molecule has 1 fully saturated rings. The van der Waals surface area contributed by atoms with Crippen molar-refractivity contribution in [3.63, 3.8) is 0 Å². The quantitative estimate of drug-likeness (QED) is 0.787. The highest BCUT2D eigenvalue weighted by atomic mass is 35.5. The van der Waals surface area contributed by atoms with Gasteiger partial charge in [0.25, 0.3) is 0 Å². The number of hydrogen-bond donors (Lipinski definition) is 1. The van der Waals surface area contributed by atoms with E-state index in [2.05, 4.69) is 5.32 Å². The number of carbonyl (C=O) groups is 1. The highest BCUT2D eigenvalue weighted by molar-refractivity contribution is 7.89. The zero-order valence-electron chi connectivity index (χ0n) is 13.7. The fourth-order valence-corrected chi connectivity index (χ4v) is 4.23. The second-order valence-corrected chi connectivity index (χ2v) is 7.90. The van der Waals surface area contributed by atoms with E-state index in [9.17, 15) is 13.2 Å². The molecular weight excluding hydrogens is 356 g/mol. The van der Waals surface area contributed by atoms with E-state index < -0.39 is 15.9 Å². The molecular formula is C15H21ClN2O5S. The molecule has 1 amide bonds. The number of hydrogen-bond acceptors (Lipinski definition) is 5. The number of sulfonamides is 1. The molecule has 7 nitrogen and oxygen atoms in total. The second kappa shape index (κ2) is 8.04. The first-order chi connectivity index (χ1) is 11.4. The normalized spacial score (nSPS) is 15.3. The maximum atomic E-state index is 12.1. The molecule has 1 aromatic rings. The highest BCUT2D eigenvalue weighted by Gasteiger charge is 2.26. The summed E-state index contributed by atoms with van der Waals surface area (Å²) in [5.74, 6) is 0.126. The van der Waals surface area contributed by atoms with Crippen LogP contribution in [0.2, 0.25) is 5.02 Å². The van der Waals surface area contributed by atoms with Gasteiger partial charge < -0.3 is 14.8 Å². The number of rotatable bonds is 7. The van der Waals surface area contributed by atoms with Crippen LogP contribution < -0.4 is 14.8 Å². The average molecular weight is 377 g/mol. The summed E-state index contributed by atoms with van der Waals surface area (Å²) >= 11 is 6.01. The minimum Gasteiger partial charge on any atom is -0.495 e. The van der Waals surface area contributed by atoms with Crippen LogP contribution in [-0.4, -0.2) is 51.7 Å². The summed E-state index contributed by atoms with van der Waals surface area (Å²) < 4.78 is 36.0. The van der Waals surface area contributed by atoms with Crippen molar-refractivity contribution in [3.05, 3.63) is 17.2 Å². The Balaban J connectivity index is 2.01. The lowest BCUT2D eigenvalue weighted by Gasteiger charge is -2.16. The van der Waals surface area contributed by atoms with Crippen LogP contribution in [0.3, 0.4) is 0 Å². The molecule has 0 bridgehead atoms. The van der Waals surface area contributed by atoms with E-state index in [1.165, 1.54) is 30.7 Å². The molecule has 0 aromatic heterocycles. The fraction of sp³-hybridized carbons (Fsp3) is 0.533. The Morgan fingerprint density at radius 2 is 1.83 bits per heavy atom. The molecule has 1 aromatic carbocycles. The van der Waals surface area contributed by atoms with E-state index in [0.29, 0.717) is 35.3 Å². The summed E-state index contributed by atoms with van der Waals surface area (Å²) in [6, 6.07) is 3.06. The molecule has 1 saturated heterocycles. The molecule has 0 spiro atoms. The number of anilines is 1. The first-order valence-electron chi connectivity index (χ1n) is 7.56. The molecule has 0 saturated carbocycles. The zero-order chi connectivity index (χ0) is 17.7. The van der Waals surface area contributed by atoms with E-state index >= 15 is 0 Å². The number of ether oxygens (including phenoxy) is 2. The van der Waals surface area contributed by atoms with Crippen LogP contribution in [0.25, 0.3) is 0 Å². The lowest BCUT2D eigenvalue weighted by atomic mass is 10.2. The third-order valence-electron chi connectivity index (χ3n) is 3.79. The Kier molecular flexibility index (Phi) is 6.31. The molecule has 134 valence electrons. The monoisotopic (exact) mass is 376 g/mol. The van der Waals surface area contributed by atoms with Gasteiger partial charge in [-0.25, -0.2) is 12.7 Å². The number of carbonyl (C=O) groups excluding carboxylic acids is 1. The smallest absolute Gasteiger partial charge is 0.225 e. The number of amides is 1. The minimum atomic E-state index is -3.39. The van der Waals surface area contributed by atoms with E-state index in [4.69, 9.17) is 21.1 Å². The molecule has 0 radical (unpaired) electrons. The van der Waals surface area contributed by atoms with Crippen molar-refractivity contribution in [2.45, 2.75) is 19.3 Å². The Labute approximate surface area is 146 Å². The second-order valence-electron chi connectivity index (χ2n) is 5.41. The van der Waals surface area contributed by atoms with Crippen LogP contribution >= 0.6 is 11.6 Å². The molecule has 9 heteroatoms. The SMILES string of the molecule is COc1cc(NC(=O)CCS(=O)(=O)N2CCCC2)c(OC)cc1Cl. The van der Waals surface area contributed by atoms with Gasteiger partial charge >= 0.3 is 0 Å². The van der Waals surface area contributed by atoms with Gasteiger partial charge in [0.15, 0.2) is 0 Å². The van der Waals surface area contributed by atoms with Gasteiger partial charge in [-0.2, -0.15) is 0 Å². The average Bonchev–Trinajstić information content (AvgIpc) is 3.09. The van der Waals surface area contributed by atoms with Crippen molar-refractivity contribution in [2.24, 2.45) is 0 Å². The van der Waals surface area contributed by atoms with Gasteiger partial charge in [-0.3, -0.25) is 4.79 Å². The minimum absolute atomic E-state index is 0.132. The van der Waals surface area contributed by atoms with Crippen molar-refractivity contribution < 1.29 is 22.7 Å². The van der Waals surface area contributed by atoms with Crippen LogP contribution in [0, 0.1) is 0 Å². The molecule has 2 rings (SSSR count). The van der Waals surface area contributed by atoms with Crippen molar-refractivity contribution in [1.29, 1.82) is 0 Å². The van der Waals surface area contributed by atoms with E-state index in [1.807, 2.05) is 0 Å². The number of benzene rings is 1. The number of methoxy groups -OCH3 is 2. The molecule has 1 heterocycles. The van der Waals surface area contributed by atoms with Crippen LogP contribution in [-0.2, 0) is 14.8 Å². The van der Waals surface area contributed by atoms with Gasteiger partial charge in [0.05, 0.1) is 30.7 Å². The zero-order valence-corrected chi connectivity index (χ0v) is 15.2. The Morgan fingerprint density at radius 1 is 1.21 bits per heavy atom. The first-order valence-corrected chi connectivity index (χ1v) is 9.55. The Morgan fingerprint density at radius 3 is 2.42 bits per heavy atom. The lowest BCUT2D eigenvalue weighted by molar-refractivity contribution is -0.115. The van der Waals surface area contributed by atoms with Gasteiger partial charge in [0.2, 0.25) is 15.9 Å². The third-order valence-corrected chi connectivity index (χ3v) is 5.96. The summed E-state index contributed by atoms with van der Waals surface area (Å²) in [5.41, 5.74) is 0.377. The van der Waals surface area contributed by atoms with Crippen LogP contribution in [0.1, 0.15) is 19.3 Å². The van der Waals surface area contributed by atoms with Crippen LogP contribution in [0.5, 0.6) is 11.5 Å². The topological polar surface area (TPSA) is 84.9 Å². The summed E-state index contributed by atoms with van der Waals surface area (Å²) in [5, 5.41) is 2.99. The molecule has 0 unspecified atom stereocenters. The summed E-state index contributed by atoms with van der Waals surface area (Å²) in [6.45, 7) is 1.07. The summed E-state index contributed by atoms with van der Waals surface area (Å²) in [7, 11) is -0.477. The van der Waals surface area contributed by atoms with Gasteiger partial charge in [0, 0.05) is 31.6 Å². The molecule has 1 N–H and O–H groups in total. The predicted molar refractivity (Wildman–Crippen MR) is 92.4 cm³/mol. The first kappa shape index (κ1) is 18.8. The van der Waals surface area contributed by atoms with Gasteiger partial charge in [0.1, 0.15) is 11.5 Å². The fourth-order valence-electron chi connectivity index (χ4n) is 2.49. The molecule has 1 aliphatic rings. The predicted octanol–water partition coefficient (Wildman–Crippen LogP) is 2.11. The Bertz CT molecular complexity index is 702. The Hall–Kier alpha value is -1.51. The van der Waals surface area contributed by atoms with Gasteiger partial charge in [-0.15, -0.1) is 0 Å². The molecule has 0 aliphatic carbocycles. The number of nitrogens with one attached hydrogen (secondary N) is 1. The highest BCUT2D eigenvalue weighted by Crippen LogP contribution is 2.35. The summed E-state index contributed by atoms with van der Waals surface area (Å²) in [6.07, 6.45) is 1.60. The third kappa shape index (κ3) is 4.52. The molecule has 1 aliphatic heterocycles. The van der Waals surface area contributed by atoms with E-state index in [1.54, 1.807) is 0 Å². The molecule has 0 atom stereocenters. The summed E-state index contributed by atoms with van der Waals surface area (Å²) in [4.78, 5) is 12.1. The lowest BCUT2D eigenvalue weighted by Crippen LogP contribution is -2.31. The maximum Gasteiger partial charge on any atom is 0.225 e. The number of halogens is 1. The van der Waals surface area contributed by atoms with E-state index in [-0.39, 0.29) is 12.2 Å². The van der Waals surface area contributed by atoms with Crippen molar-refractivity contribution in [1.82, 2.24) is 4.31 Å². The van der Waals surface area contributed by atoms with Crippen molar-refractivity contribution in [3.8, 4) is 11.5 Å². The van der Waals surface area contributed by atoms with Gasteiger partial charge in [-0.05, 0) is 12.8 Å². The van der Waals surface area contributed by atoms with Crippen LogP contribution in [0.15, 0.2) is 12.1 Å². The van der Waals surface area contributed by atoms with Crippen molar-refractivity contribution in [2.75, 3.05) is 38.4 Å². The van der Waals surface area contributed by atoms with Crippen molar-refractivity contribution >= 4 is 33.2 Å². The van der Waals surface area contributed by atoms with Crippen LogP contribution in [0.4, 0.5) is 5.69 Å². The van der Waals surface area contributed by atoms with Gasteiger partial charge in [-0.1, -0.05) is 11.6 Å².